The summed E-state index contributed by atoms with van der Waals surface area (Å²) in [7, 11) is 0. The molecule has 1 fully saturated rings. The number of allylic oxidation sites excluding steroid dienone is 2. The molecule has 1 aliphatic carbocycles. The van der Waals surface area contributed by atoms with Crippen LogP contribution in [0.5, 0.6) is 0 Å². The van der Waals surface area contributed by atoms with Crippen LogP contribution in [0.3, 0.4) is 0 Å². The summed E-state index contributed by atoms with van der Waals surface area (Å²) in [4.78, 5) is 12.5. The maximum atomic E-state index is 12.5. The molecule has 0 unspecified atom stereocenters. The van der Waals surface area contributed by atoms with Crippen LogP contribution in [0.2, 0.25) is 0 Å². The van der Waals surface area contributed by atoms with Gasteiger partial charge in [-0.2, -0.15) is 0 Å². The second-order valence-electron chi connectivity index (χ2n) is 5.66. The monoisotopic (exact) mass is 246 g/mol. The Bertz CT molecular complexity index is 538. The third kappa shape index (κ3) is 1.74. The van der Waals surface area contributed by atoms with E-state index >= 15 is 0 Å². The van der Waals surface area contributed by atoms with Gasteiger partial charge < -0.3 is 9.15 Å². The number of aryl methyl sites for hydroxylation is 1. The predicted octanol–water partition coefficient (Wildman–Crippen LogP) is 3.21. The molecule has 0 aromatic carbocycles. The normalized spacial score (nSPS) is 34.3. The number of ketones is 1. The maximum Gasteiger partial charge on any atom is 0.198 e. The van der Waals surface area contributed by atoms with Crippen molar-refractivity contribution < 1.29 is 13.9 Å². The van der Waals surface area contributed by atoms with Crippen molar-refractivity contribution in [2.45, 2.75) is 51.7 Å². The van der Waals surface area contributed by atoms with Gasteiger partial charge in [-0.1, -0.05) is 11.6 Å². The van der Waals surface area contributed by atoms with Gasteiger partial charge in [0.2, 0.25) is 0 Å². The van der Waals surface area contributed by atoms with Crippen LogP contribution in [0.15, 0.2) is 22.3 Å². The van der Waals surface area contributed by atoms with E-state index in [1.54, 1.807) is 6.26 Å². The molecular weight excluding hydrogens is 228 g/mol. The van der Waals surface area contributed by atoms with Crippen molar-refractivity contribution in [3.8, 4) is 0 Å². The van der Waals surface area contributed by atoms with E-state index in [0.717, 1.165) is 36.1 Å². The second-order valence-corrected chi connectivity index (χ2v) is 5.66. The highest BCUT2D eigenvalue weighted by molar-refractivity contribution is 6.04. The van der Waals surface area contributed by atoms with Crippen molar-refractivity contribution >= 4 is 5.78 Å². The van der Waals surface area contributed by atoms with Crippen molar-refractivity contribution in [2.75, 3.05) is 0 Å². The van der Waals surface area contributed by atoms with Gasteiger partial charge in [-0.15, -0.1) is 0 Å². The molecule has 0 saturated carbocycles. The highest BCUT2D eigenvalue weighted by Gasteiger charge is 2.56. The minimum atomic E-state index is -0.278. The summed E-state index contributed by atoms with van der Waals surface area (Å²) in [5.41, 5.74) is 2.63. The Morgan fingerprint density at radius 1 is 1.39 bits per heavy atom. The van der Waals surface area contributed by atoms with Gasteiger partial charge in [-0.3, -0.25) is 4.79 Å². The number of carbonyl (C=O) groups is 1. The van der Waals surface area contributed by atoms with Crippen LogP contribution >= 0.6 is 0 Å². The van der Waals surface area contributed by atoms with Crippen molar-refractivity contribution in [1.29, 1.82) is 0 Å². The Labute approximate surface area is 107 Å². The number of ether oxygens (including phenoxy) is 1. The van der Waals surface area contributed by atoms with Crippen LogP contribution in [-0.4, -0.2) is 17.5 Å². The van der Waals surface area contributed by atoms with Crippen molar-refractivity contribution in [2.24, 2.45) is 0 Å². The Hall–Kier alpha value is -1.35. The topological polar surface area (TPSA) is 42.7 Å². The number of epoxide rings is 1. The van der Waals surface area contributed by atoms with Gasteiger partial charge in [0.25, 0.3) is 0 Å². The molecule has 1 aliphatic heterocycles. The fourth-order valence-corrected chi connectivity index (χ4v) is 2.78. The van der Waals surface area contributed by atoms with Gasteiger partial charge in [0.15, 0.2) is 5.78 Å². The van der Waals surface area contributed by atoms with Crippen molar-refractivity contribution in [3.05, 3.63) is 34.8 Å². The number of carbonyl (C=O) groups excluding carboxylic acids is 1. The zero-order valence-corrected chi connectivity index (χ0v) is 11.1. The van der Waals surface area contributed by atoms with Crippen LogP contribution < -0.4 is 0 Å². The SMILES string of the molecule is C/C1=C\CC[C@@]2(C)O[C@@H]2C(=O)c2c(C)coc2C1. The molecule has 2 aliphatic rings. The minimum Gasteiger partial charge on any atom is -0.468 e. The van der Waals surface area contributed by atoms with E-state index in [4.69, 9.17) is 9.15 Å². The Kier molecular flexibility index (Phi) is 2.49. The number of hydrogen-bond acceptors (Lipinski definition) is 3. The standard InChI is InChI=1S/C15H18O3/c1-9-5-4-6-15(3)14(18-15)13(16)12-10(2)8-17-11(12)7-9/h5,8,14H,4,6-7H2,1-3H3/b9-5+/t14-,15-/m1/s1. The summed E-state index contributed by atoms with van der Waals surface area (Å²) >= 11 is 0. The molecule has 3 nitrogen and oxygen atoms in total. The van der Waals surface area contributed by atoms with Crippen LogP contribution in [0.25, 0.3) is 0 Å². The molecule has 2 atom stereocenters. The summed E-state index contributed by atoms with van der Waals surface area (Å²) in [6.45, 7) is 6.03. The zero-order chi connectivity index (χ0) is 12.9. The average Bonchev–Trinajstić information content (AvgIpc) is 2.84. The van der Waals surface area contributed by atoms with Crippen LogP contribution in [0, 0.1) is 6.92 Å². The molecule has 1 aromatic rings. The van der Waals surface area contributed by atoms with E-state index in [1.165, 1.54) is 5.57 Å². The van der Waals surface area contributed by atoms with Crippen LogP contribution in [0.1, 0.15) is 48.4 Å². The smallest absolute Gasteiger partial charge is 0.198 e. The molecule has 3 heteroatoms. The molecule has 1 saturated heterocycles. The van der Waals surface area contributed by atoms with Gasteiger partial charge in [-0.05, 0) is 39.2 Å². The lowest BCUT2D eigenvalue weighted by Crippen LogP contribution is -2.20. The van der Waals surface area contributed by atoms with E-state index < -0.39 is 0 Å². The number of Topliss-reactive ketones (excluding diaryl/α,β-unsaturated/α-hetero) is 1. The molecule has 0 N–H and O–H groups in total. The molecule has 0 radical (unpaired) electrons. The molecule has 3 rings (SSSR count). The summed E-state index contributed by atoms with van der Waals surface area (Å²) in [6, 6.07) is 0. The van der Waals surface area contributed by atoms with E-state index in [-0.39, 0.29) is 17.5 Å². The third-order valence-electron chi connectivity index (χ3n) is 3.99. The molecule has 0 spiro atoms. The van der Waals surface area contributed by atoms with Crippen LogP contribution in [-0.2, 0) is 11.2 Å². The fourth-order valence-electron chi connectivity index (χ4n) is 2.78. The average molecular weight is 246 g/mol. The lowest BCUT2D eigenvalue weighted by Gasteiger charge is -2.08. The molecule has 0 bridgehead atoms. The van der Waals surface area contributed by atoms with Gasteiger partial charge in [0.05, 0.1) is 11.8 Å². The van der Waals surface area contributed by atoms with Gasteiger partial charge in [-0.25, -0.2) is 0 Å². The van der Waals surface area contributed by atoms with Gasteiger partial charge in [0, 0.05) is 6.42 Å². The molecule has 2 heterocycles. The molecule has 0 amide bonds. The number of hydrogen-bond donors (Lipinski definition) is 0. The van der Waals surface area contributed by atoms with E-state index in [9.17, 15) is 4.79 Å². The largest absolute Gasteiger partial charge is 0.468 e. The summed E-state index contributed by atoms with van der Waals surface area (Å²) < 4.78 is 11.2. The Morgan fingerprint density at radius 3 is 2.94 bits per heavy atom. The number of fused-ring (bicyclic) bond motifs is 2. The van der Waals surface area contributed by atoms with Crippen molar-refractivity contribution in [3.63, 3.8) is 0 Å². The molecular formula is C15H18O3. The molecule has 96 valence electrons. The molecule has 18 heavy (non-hydrogen) atoms. The first kappa shape index (κ1) is 11.7. The maximum absolute atomic E-state index is 12.5. The third-order valence-corrected chi connectivity index (χ3v) is 3.99. The number of furan rings is 1. The number of rotatable bonds is 0. The lowest BCUT2D eigenvalue weighted by molar-refractivity contribution is 0.0951. The Balaban J connectivity index is 2.05. The van der Waals surface area contributed by atoms with Gasteiger partial charge >= 0.3 is 0 Å². The highest BCUT2D eigenvalue weighted by atomic mass is 16.6. The van der Waals surface area contributed by atoms with E-state index in [0.29, 0.717) is 0 Å². The van der Waals surface area contributed by atoms with Crippen LogP contribution in [0.4, 0.5) is 0 Å². The highest BCUT2D eigenvalue weighted by Crippen LogP contribution is 2.43. The minimum absolute atomic E-state index is 0.0912. The van der Waals surface area contributed by atoms with Gasteiger partial charge in [0.1, 0.15) is 17.5 Å². The lowest BCUT2D eigenvalue weighted by atomic mass is 9.91. The first-order valence-electron chi connectivity index (χ1n) is 6.46. The summed E-state index contributed by atoms with van der Waals surface area (Å²) in [5.74, 6) is 0.874. The summed E-state index contributed by atoms with van der Waals surface area (Å²) in [5, 5.41) is 0. The fraction of sp³-hybridized carbons (Fsp3) is 0.533. The zero-order valence-electron chi connectivity index (χ0n) is 11.1. The predicted molar refractivity (Wildman–Crippen MR) is 67.7 cm³/mol. The summed E-state index contributed by atoms with van der Waals surface area (Å²) in [6.07, 6.45) is 6.21. The van der Waals surface area contributed by atoms with E-state index in [1.807, 2.05) is 13.8 Å². The Morgan fingerprint density at radius 2 is 2.17 bits per heavy atom. The van der Waals surface area contributed by atoms with Crippen molar-refractivity contribution in [1.82, 2.24) is 0 Å². The van der Waals surface area contributed by atoms with E-state index in [2.05, 4.69) is 13.0 Å². The quantitative estimate of drug-likeness (QED) is 0.521. The molecule has 1 aromatic heterocycles. The first-order chi connectivity index (χ1) is 8.51. The second kappa shape index (κ2) is 3.82. The first-order valence-corrected chi connectivity index (χ1v) is 6.46.